The number of ether oxygens (including phenoxy) is 2. The number of carbonyl (C=O) groups excluding carboxylic acids is 1. The van der Waals surface area contributed by atoms with Crippen LogP contribution in [0.15, 0.2) is 6.33 Å². The van der Waals surface area contributed by atoms with E-state index in [9.17, 15) is 9.18 Å². The fourth-order valence-electron chi connectivity index (χ4n) is 2.41. The highest BCUT2D eigenvalue weighted by molar-refractivity contribution is 6.30. The van der Waals surface area contributed by atoms with E-state index >= 15 is 0 Å². The van der Waals surface area contributed by atoms with Crippen LogP contribution < -0.4 is 4.74 Å². The van der Waals surface area contributed by atoms with Gasteiger partial charge in [-0.15, -0.1) is 0 Å². The van der Waals surface area contributed by atoms with Crippen molar-refractivity contribution in [3.8, 4) is 5.88 Å². The van der Waals surface area contributed by atoms with E-state index in [1.54, 1.807) is 6.92 Å². The maximum absolute atomic E-state index is 14.4. The predicted octanol–water partition coefficient (Wildman–Crippen LogP) is 2.92. The Kier molecular flexibility index (Phi) is 4.31. The van der Waals surface area contributed by atoms with E-state index in [2.05, 4.69) is 9.97 Å². The second-order valence-corrected chi connectivity index (χ2v) is 6.68. The minimum atomic E-state index is -1.31. The van der Waals surface area contributed by atoms with Crippen LogP contribution in [0.4, 0.5) is 9.18 Å². The largest absolute Gasteiger partial charge is 0.471 e. The fraction of sp³-hybridized carbons (Fsp3) is 0.667. The highest BCUT2D eigenvalue weighted by atomic mass is 35.5. The summed E-state index contributed by atoms with van der Waals surface area (Å²) in [5.41, 5.74) is 0.218. The standard InChI is InChI=1S/C15H19ClFN3O3/c1-9-12(16)18-8-19-13(9)22-11-3-6-20(7-10(11)17)14(21)23-15(2)4-5-15/h8,10-11H,3-7H2,1-2H3. The van der Waals surface area contributed by atoms with Gasteiger partial charge in [-0.3, -0.25) is 0 Å². The summed E-state index contributed by atoms with van der Waals surface area (Å²) >= 11 is 5.91. The quantitative estimate of drug-likeness (QED) is 0.789. The summed E-state index contributed by atoms with van der Waals surface area (Å²) in [6.45, 7) is 3.94. The number of hydrogen-bond donors (Lipinski definition) is 0. The van der Waals surface area contributed by atoms with Gasteiger partial charge in [-0.2, -0.15) is 0 Å². The summed E-state index contributed by atoms with van der Waals surface area (Å²) in [6.07, 6.45) is 0.953. The molecule has 1 saturated heterocycles. The maximum atomic E-state index is 14.4. The first-order chi connectivity index (χ1) is 10.9. The lowest BCUT2D eigenvalue weighted by atomic mass is 10.1. The van der Waals surface area contributed by atoms with Crippen molar-refractivity contribution in [2.24, 2.45) is 0 Å². The molecule has 2 aliphatic rings. The number of amides is 1. The van der Waals surface area contributed by atoms with Crippen LogP contribution in [0.1, 0.15) is 31.7 Å². The van der Waals surface area contributed by atoms with E-state index in [0.29, 0.717) is 18.5 Å². The molecular weight excluding hydrogens is 325 g/mol. The molecule has 3 rings (SSSR count). The Morgan fingerprint density at radius 3 is 2.87 bits per heavy atom. The number of carbonyl (C=O) groups is 1. The lowest BCUT2D eigenvalue weighted by molar-refractivity contribution is 0.00201. The van der Waals surface area contributed by atoms with Crippen LogP contribution in [-0.2, 0) is 4.74 Å². The first-order valence-electron chi connectivity index (χ1n) is 7.64. The molecule has 6 nitrogen and oxygen atoms in total. The number of nitrogens with zero attached hydrogens (tertiary/aromatic N) is 3. The summed E-state index contributed by atoms with van der Waals surface area (Å²) < 4.78 is 25.4. The summed E-state index contributed by atoms with van der Waals surface area (Å²) in [6, 6.07) is 0. The van der Waals surface area contributed by atoms with Crippen LogP contribution in [0.5, 0.6) is 5.88 Å². The summed E-state index contributed by atoms with van der Waals surface area (Å²) in [7, 11) is 0. The molecule has 2 fully saturated rings. The zero-order chi connectivity index (χ0) is 16.6. The lowest BCUT2D eigenvalue weighted by Gasteiger charge is -2.34. The van der Waals surface area contributed by atoms with Gasteiger partial charge in [-0.25, -0.2) is 19.2 Å². The monoisotopic (exact) mass is 343 g/mol. The number of likely N-dealkylation sites (tertiary alicyclic amines) is 1. The van der Waals surface area contributed by atoms with Crippen molar-refractivity contribution in [2.75, 3.05) is 13.1 Å². The van der Waals surface area contributed by atoms with Crippen molar-refractivity contribution in [3.63, 3.8) is 0 Å². The first kappa shape index (κ1) is 16.2. The van der Waals surface area contributed by atoms with E-state index in [1.165, 1.54) is 11.2 Å². The topological polar surface area (TPSA) is 64.6 Å². The molecule has 0 radical (unpaired) electrons. The third-order valence-corrected chi connectivity index (χ3v) is 4.65. The molecule has 0 spiro atoms. The number of hydrogen-bond acceptors (Lipinski definition) is 5. The second-order valence-electron chi connectivity index (χ2n) is 6.32. The Bertz CT molecular complexity index is 612. The molecule has 23 heavy (non-hydrogen) atoms. The van der Waals surface area contributed by atoms with Gasteiger partial charge < -0.3 is 14.4 Å². The maximum Gasteiger partial charge on any atom is 0.410 e. The molecule has 126 valence electrons. The van der Waals surface area contributed by atoms with Crippen molar-refractivity contribution in [1.29, 1.82) is 0 Å². The van der Waals surface area contributed by atoms with Gasteiger partial charge in [0.1, 0.15) is 23.2 Å². The van der Waals surface area contributed by atoms with Crippen molar-refractivity contribution < 1.29 is 18.7 Å². The Balaban J connectivity index is 1.58. The van der Waals surface area contributed by atoms with Crippen LogP contribution in [0, 0.1) is 6.92 Å². The van der Waals surface area contributed by atoms with Gasteiger partial charge in [0, 0.05) is 18.5 Å². The van der Waals surface area contributed by atoms with Crippen molar-refractivity contribution in [1.82, 2.24) is 14.9 Å². The second kappa shape index (κ2) is 6.11. The average Bonchev–Trinajstić information content (AvgIpc) is 3.22. The third-order valence-electron chi connectivity index (χ3n) is 4.27. The Morgan fingerprint density at radius 2 is 2.22 bits per heavy atom. The molecule has 8 heteroatoms. The zero-order valence-electron chi connectivity index (χ0n) is 13.1. The van der Waals surface area contributed by atoms with Gasteiger partial charge in [0.05, 0.1) is 6.54 Å². The van der Waals surface area contributed by atoms with E-state index < -0.39 is 18.4 Å². The molecule has 2 unspecified atom stereocenters. The predicted molar refractivity (Wildman–Crippen MR) is 81.4 cm³/mol. The fourth-order valence-corrected chi connectivity index (χ4v) is 2.54. The molecule has 1 amide bonds. The summed E-state index contributed by atoms with van der Waals surface area (Å²) in [5, 5.41) is 0.282. The van der Waals surface area contributed by atoms with Crippen LogP contribution >= 0.6 is 11.6 Å². The molecule has 1 aliphatic heterocycles. The Labute approximate surface area is 138 Å². The Morgan fingerprint density at radius 1 is 1.48 bits per heavy atom. The summed E-state index contributed by atoms with van der Waals surface area (Å²) in [4.78, 5) is 21.2. The van der Waals surface area contributed by atoms with Crippen LogP contribution in [0.3, 0.4) is 0 Å². The molecule has 0 aromatic carbocycles. The van der Waals surface area contributed by atoms with Gasteiger partial charge in [-0.05, 0) is 26.7 Å². The van der Waals surface area contributed by atoms with Crippen LogP contribution in [-0.4, -0.2) is 51.9 Å². The minimum absolute atomic E-state index is 0.0442. The number of rotatable bonds is 3. The molecule has 1 aliphatic carbocycles. The molecule has 0 bridgehead atoms. The van der Waals surface area contributed by atoms with Crippen molar-refractivity contribution in [2.45, 2.75) is 51.0 Å². The van der Waals surface area contributed by atoms with E-state index in [1.807, 2.05) is 6.92 Å². The highest BCUT2D eigenvalue weighted by Crippen LogP contribution is 2.39. The van der Waals surface area contributed by atoms with Crippen molar-refractivity contribution >= 4 is 17.7 Å². The number of piperidine rings is 1. The number of alkyl halides is 1. The van der Waals surface area contributed by atoms with E-state index in [0.717, 1.165) is 12.8 Å². The van der Waals surface area contributed by atoms with Crippen LogP contribution in [0.2, 0.25) is 5.15 Å². The van der Waals surface area contributed by atoms with Gasteiger partial charge in [0.25, 0.3) is 0 Å². The number of halogens is 2. The molecule has 2 heterocycles. The van der Waals surface area contributed by atoms with Gasteiger partial charge in [0.15, 0.2) is 6.17 Å². The highest BCUT2D eigenvalue weighted by Gasteiger charge is 2.44. The Hall–Kier alpha value is -1.63. The normalized spacial score (nSPS) is 25.8. The lowest BCUT2D eigenvalue weighted by Crippen LogP contribution is -2.50. The van der Waals surface area contributed by atoms with E-state index in [4.69, 9.17) is 21.1 Å². The van der Waals surface area contributed by atoms with Crippen molar-refractivity contribution in [3.05, 3.63) is 17.0 Å². The number of aromatic nitrogens is 2. The van der Waals surface area contributed by atoms with Gasteiger partial charge >= 0.3 is 6.09 Å². The molecule has 1 saturated carbocycles. The van der Waals surface area contributed by atoms with Gasteiger partial charge in [-0.1, -0.05) is 11.6 Å². The first-order valence-corrected chi connectivity index (χ1v) is 8.01. The average molecular weight is 344 g/mol. The molecule has 1 aromatic rings. The molecular formula is C15H19ClFN3O3. The van der Waals surface area contributed by atoms with Gasteiger partial charge in [0.2, 0.25) is 5.88 Å². The molecule has 2 atom stereocenters. The molecule has 0 N–H and O–H groups in total. The van der Waals surface area contributed by atoms with E-state index in [-0.39, 0.29) is 23.2 Å². The third kappa shape index (κ3) is 3.65. The minimum Gasteiger partial charge on any atom is -0.471 e. The zero-order valence-corrected chi connectivity index (χ0v) is 13.8. The molecule has 1 aromatic heterocycles. The SMILES string of the molecule is Cc1c(Cl)ncnc1OC1CCN(C(=O)OC2(C)CC2)CC1F. The summed E-state index contributed by atoms with van der Waals surface area (Å²) in [5.74, 6) is 0.277. The van der Waals surface area contributed by atoms with Crippen LogP contribution in [0.25, 0.3) is 0 Å². The smallest absolute Gasteiger partial charge is 0.410 e.